The lowest BCUT2D eigenvalue weighted by Crippen LogP contribution is -1.97. The number of nitrogens with zero attached hydrogens (tertiary/aromatic N) is 3. The van der Waals surface area contributed by atoms with E-state index in [4.69, 9.17) is 4.99 Å². The lowest BCUT2D eigenvalue weighted by atomic mass is 10.2. The number of aromatic nitrogens is 1. The third kappa shape index (κ3) is 3.02. The van der Waals surface area contributed by atoms with Crippen LogP contribution >= 0.6 is 23.5 Å². The van der Waals surface area contributed by atoms with Crippen molar-refractivity contribution in [3.8, 4) is 11.8 Å². The van der Waals surface area contributed by atoms with Crippen molar-refractivity contribution in [2.24, 2.45) is 4.99 Å². The lowest BCUT2D eigenvalue weighted by molar-refractivity contribution is 1.00. The molecule has 5 heteroatoms. The van der Waals surface area contributed by atoms with Crippen molar-refractivity contribution in [2.75, 3.05) is 12.5 Å². The van der Waals surface area contributed by atoms with Gasteiger partial charge in [0.15, 0.2) is 5.82 Å². The Kier molecular flexibility index (Phi) is 5.16. The van der Waals surface area contributed by atoms with E-state index in [1.807, 2.05) is 56.7 Å². The summed E-state index contributed by atoms with van der Waals surface area (Å²) in [5.74, 6) is 0.720. The smallest absolute Gasteiger partial charge is 0.157 e. The zero-order valence-electron chi connectivity index (χ0n) is 12.5. The maximum Gasteiger partial charge on any atom is 0.157 e. The second-order valence-corrected chi connectivity index (χ2v) is 6.33. The molecule has 0 bridgehead atoms. The summed E-state index contributed by atoms with van der Waals surface area (Å²) in [5.41, 5.74) is 3.72. The van der Waals surface area contributed by atoms with E-state index < -0.39 is 0 Å². The molecule has 0 fully saturated rings. The number of benzene rings is 1. The number of thioether (sulfide) groups is 2. The minimum absolute atomic E-state index is 0.650. The first kappa shape index (κ1) is 15.7. The highest BCUT2D eigenvalue weighted by Crippen LogP contribution is 2.33. The van der Waals surface area contributed by atoms with Gasteiger partial charge in [0.1, 0.15) is 10.4 Å². The third-order valence-corrected chi connectivity index (χ3v) is 5.24. The standard InChI is InChI=1S/C16H17N3S2/c1-11-12(2)19(13-8-6-5-7-9-13)15(14(11)10-17)18-16(20-3)21-4/h5-9H,1-4H3. The molecule has 0 radical (unpaired) electrons. The van der Waals surface area contributed by atoms with E-state index in [0.29, 0.717) is 5.56 Å². The second-order valence-electron chi connectivity index (χ2n) is 4.48. The van der Waals surface area contributed by atoms with Gasteiger partial charge in [-0.15, -0.1) is 23.5 Å². The summed E-state index contributed by atoms with van der Waals surface area (Å²) in [4.78, 5) is 4.71. The van der Waals surface area contributed by atoms with Gasteiger partial charge < -0.3 is 0 Å². The van der Waals surface area contributed by atoms with Crippen LogP contribution in [0.2, 0.25) is 0 Å². The molecule has 0 aliphatic heterocycles. The predicted octanol–water partition coefficient (Wildman–Crippen LogP) is 4.68. The average molecular weight is 315 g/mol. The molecule has 0 spiro atoms. The first-order valence-corrected chi connectivity index (χ1v) is 8.93. The fourth-order valence-corrected chi connectivity index (χ4v) is 3.20. The number of hydrogen-bond donors (Lipinski definition) is 0. The summed E-state index contributed by atoms with van der Waals surface area (Å²) in [6.07, 6.45) is 3.99. The number of hydrogen-bond acceptors (Lipinski definition) is 4. The van der Waals surface area contributed by atoms with Crippen LogP contribution in [0.1, 0.15) is 16.8 Å². The van der Waals surface area contributed by atoms with E-state index in [1.54, 1.807) is 23.5 Å². The van der Waals surface area contributed by atoms with Crippen LogP contribution in [0.25, 0.3) is 5.69 Å². The van der Waals surface area contributed by atoms with Crippen LogP contribution in [0, 0.1) is 25.2 Å². The number of rotatable bonds is 2. The SMILES string of the molecule is CSC(=Nc1c(C#N)c(C)c(C)n1-c1ccccc1)SC. The Hall–Kier alpha value is -1.64. The second kappa shape index (κ2) is 6.88. The highest BCUT2D eigenvalue weighted by molar-refractivity contribution is 8.38. The molecule has 0 saturated carbocycles. The molecule has 1 aromatic heterocycles. The van der Waals surface area contributed by atoms with Crippen LogP contribution in [0.5, 0.6) is 0 Å². The van der Waals surface area contributed by atoms with Crippen molar-refractivity contribution >= 4 is 33.7 Å². The largest absolute Gasteiger partial charge is 0.298 e. The Labute approximate surface area is 134 Å². The summed E-state index contributed by atoms with van der Waals surface area (Å²) >= 11 is 3.19. The van der Waals surface area contributed by atoms with Gasteiger partial charge in [-0.2, -0.15) is 5.26 Å². The summed E-state index contributed by atoms with van der Waals surface area (Å²) < 4.78 is 3.00. The van der Waals surface area contributed by atoms with Crippen LogP contribution in [-0.4, -0.2) is 21.5 Å². The normalized spacial score (nSPS) is 10.2. The molecule has 1 aromatic carbocycles. The minimum Gasteiger partial charge on any atom is -0.298 e. The molecule has 3 nitrogen and oxygen atoms in total. The van der Waals surface area contributed by atoms with Crippen molar-refractivity contribution in [1.29, 1.82) is 5.26 Å². The molecule has 0 amide bonds. The first-order chi connectivity index (χ1) is 10.1. The van der Waals surface area contributed by atoms with Crippen LogP contribution in [0.3, 0.4) is 0 Å². The van der Waals surface area contributed by atoms with E-state index in [2.05, 4.69) is 10.6 Å². The Morgan fingerprint density at radius 1 is 1.14 bits per heavy atom. The molecule has 21 heavy (non-hydrogen) atoms. The van der Waals surface area contributed by atoms with Crippen molar-refractivity contribution in [2.45, 2.75) is 13.8 Å². The Balaban J connectivity index is 2.76. The summed E-state index contributed by atoms with van der Waals surface area (Å²) in [6.45, 7) is 4.00. The van der Waals surface area contributed by atoms with Gasteiger partial charge in [0.25, 0.3) is 0 Å². The molecule has 1 heterocycles. The average Bonchev–Trinajstić information content (AvgIpc) is 2.76. The monoisotopic (exact) mass is 315 g/mol. The minimum atomic E-state index is 0.650. The zero-order valence-corrected chi connectivity index (χ0v) is 14.2. The van der Waals surface area contributed by atoms with Crippen molar-refractivity contribution in [3.05, 3.63) is 47.2 Å². The molecular weight excluding hydrogens is 298 g/mol. The highest BCUT2D eigenvalue weighted by atomic mass is 32.2. The lowest BCUT2D eigenvalue weighted by Gasteiger charge is -2.10. The van der Waals surface area contributed by atoms with E-state index in [9.17, 15) is 5.26 Å². The van der Waals surface area contributed by atoms with Gasteiger partial charge in [0, 0.05) is 11.4 Å². The van der Waals surface area contributed by atoms with E-state index in [1.165, 1.54) is 0 Å². The van der Waals surface area contributed by atoms with Gasteiger partial charge in [-0.25, -0.2) is 4.99 Å². The summed E-state index contributed by atoms with van der Waals surface area (Å²) in [7, 11) is 0. The number of nitriles is 1. The van der Waals surface area contributed by atoms with Crippen LogP contribution in [-0.2, 0) is 0 Å². The van der Waals surface area contributed by atoms with Gasteiger partial charge in [-0.1, -0.05) is 18.2 Å². The summed E-state index contributed by atoms with van der Waals surface area (Å²) in [5, 5.41) is 9.50. The molecule has 108 valence electrons. The number of para-hydroxylation sites is 1. The maximum absolute atomic E-state index is 9.50. The Morgan fingerprint density at radius 2 is 1.76 bits per heavy atom. The van der Waals surface area contributed by atoms with Crippen molar-refractivity contribution < 1.29 is 0 Å². The third-order valence-electron chi connectivity index (χ3n) is 3.36. The molecule has 0 aliphatic rings. The van der Waals surface area contributed by atoms with E-state index in [-0.39, 0.29) is 0 Å². The molecule has 0 aliphatic carbocycles. The van der Waals surface area contributed by atoms with Gasteiger partial charge >= 0.3 is 0 Å². The molecule has 0 unspecified atom stereocenters. The van der Waals surface area contributed by atoms with Gasteiger partial charge in [-0.3, -0.25) is 4.57 Å². The molecular formula is C16H17N3S2. The van der Waals surface area contributed by atoms with Crippen molar-refractivity contribution in [3.63, 3.8) is 0 Å². The van der Waals surface area contributed by atoms with Gasteiger partial charge in [-0.05, 0) is 44.1 Å². The van der Waals surface area contributed by atoms with Crippen LogP contribution in [0.4, 0.5) is 5.82 Å². The zero-order chi connectivity index (χ0) is 15.4. The topological polar surface area (TPSA) is 41.1 Å². The molecule has 2 aromatic rings. The quantitative estimate of drug-likeness (QED) is 0.597. The highest BCUT2D eigenvalue weighted by Gasteiger charge is 2.18. The fourth-order valence-electron chi connectivity index (χ4n) is 2.18. The predicted molar refractivity (Wildman–Crippen MR) is 94.1 cm³/mol. The Bertz CT molecular complexity index is 703. The Morgan fingerprint density at radius 3 is 2.29 bits per heavy atom. The van der Waals surface area contributed by atoms with Crippen LogP contribution < -0.4 is 0 Å². The first-order valence-electron chi connectivity index (χ1n) is 6.48. The van der Waals surface area contributed by atoms with E-state index >= 15 is 0 Å². The van der Waals surface area contributed by atoms with Gasteiger partial charge in [0.05, 0.1) is 5.56 Å². The molecule has 0 atom stereocenters. The maximum atomic E-state index is 9.50. The van der Waals surface area contributed by atoms with Gasteiger partial charge in [0.2, 0.25) is 0 Å². The molecule has 0 saturated heterocycles. The number of aliphatic imine (C=N–C) groups is 1. The molecule has 2 rings (SSSR count). The fraction of sp³-hybridized carbons (Fsp3) is 0.250. The van der Waals surface area contributed by atoms with Crippen LogP contribution in [0.15, 0.2) is 35.3 Å². The van der Waals surface area contributed by atoms with E-state index in [0.717, 1.165) is 27.1 Å². The summed E-state index contributed by atoms with van der Waals surface area (Å²) in [6, 6.07) is 12.3. The van der Waals surface area contributed by atoms with Crippen molar-refractivity contribution in [1.82, 2.24) is 4.57 Å². The molecule has 0 N–H and O–H groups in total.